The molecule has 0 saturated heterocycles. The molecule has 2 saturated carbocycles. The van der Waals surface area contributed by atoms with Crippen molar-refractivity contribution in [3.63, 3.8) is 0 Å². The number of rotatable bonds is 2. The van der Waals surface area contributed by atoms with Crippen molar-refractivity contribution < 1.29 is 4.79 Å². The number of hydrogen-bond donors (Lipinski definition) is 1. The van der Waals surface area contributed by atoms with Crippen LogP contribution in [0, 0.1) is 5.92 Å². The summed E-state index contributed by atoms with van der Waals surface area (Å²) in [4.78, 5) is 12.2. The summed E-state index contributed by atoms with van der Waals surface area (Å²) >= 11 is 0. The smallest absolute Gasteiger partial charge is 0.223 e. The Morgan fingerprint density at radius 2 is 1.56 bits per heavy atom. The van der Waals surface area contributed by atoms with Gasteiger partial charge in [-0.3, -0.25) is 4.79 Å². The number of nitrogens with one attached hydrogen (secondary N) is 1. The van der Waals surface area contributed by atoms with E-state index in [0.29, 0.717) is 11.8 Å². The fourth-order valence-corrected chi connectivity index (χ4v) is 3.22. The van der Waals surface area contributed by atoms with Gasteiger partial charge in [-0.05, 0) is 32.6 Å². The van der Waals surface area contributed by atoms with Gasteiger partial charge >= 0.3 is 0 Å². The molecular formula is C14H25NO. The molecule has 2 rings (SSSR count). The summed E-state index contributed by atoms with van der Waals surface area (Å²) in [6.07, 6.45) is 12.3. The maximum absolute atomic E-state index is 12.2. The summed E-state index contributed by atoms with van der Waals surface area (Å²) in [6, 6.07) is 0. The molecule has 2 nitrogen and oxygen atoms in total. The highest BCUT2D eigenvalue weighted by molar-refractivity contribution is 5.79. The second-order valence-corrected chi connectivity index (χ2v) is 5.95. The molecule has 0 aromatic heterocycles. The molecule has 0 radical (unpaired) electrons. The minimum atomic E-state index is 0.104. The molecule has 1 amide bonds. The van der Waals surface area contributed by atoms with Crippen LogP contribution < -0.4 is 5.32 Å². The Morgan fingerprint density at radius 3 is 2.19 bits per heavy atom. The first kappa shape index (κ1) is 11.9. The van der Waals surface area contributed by atoms with Crippen LogP contribution in [0.3, 0.4) is 0 Å². The lowest BCUT2D eigenvalue weighted by Gasteiger charge is -2.36. The van der Waals surface area contributed by atoms with Gasteiger partial charge in [0, 0.05) is 11.5 Å². The van der Waals surface area contributed by atoms with E-state index in [1.807, 2.05) is 0 Å². The molecule has 0 unspecified atom stereocenters. The second-order valence-electron chi connectivity index (χ2n) is 5.95. The van der Waals surface area contributed by atoms with Gasteiger partial charge in [0.25, 0.3) is 0 Å². The van der Waals surface area contributed by atoms with Crippen LogP contribution in [0.4, 0.5) is 0 Å². The van der Waals surface area contributed by atoms with E-state index in [1.54, 1.807) is 0 Å². The summed E-state index contributed by atoms with van der Waals surface area (Å²) in [5, 5.41) is 3.33. The van der Waals surface area contributed by atoms with Crippen LogP contribution >= 0.6 is 0 Å². The molecule has 0 spiro atoms. The van der Waals surface area contributed by atoms with Crippen molar-refractivity contribution in [1.29, 1.82) is 0 Å². The highest BCUT2D eigenvalue weighted by Gasteiger charge is 2.31. The van der Waals surface area contributed by atoms with Gasteiger partial charge in [0.2, 0.25) is 5.91 Å². The first-order valence-corrected chi connectivity index (χ1v) is 7.02. The van der Waals surface area contributed by atoms with Crippen LogP contribution in [0.15, 0.2) is 0 Å². The molecular weight excluding hydrogens is 198 g/mol. The third kappa shape index (κ3) is 2.99. The molecule has 0 heterocycles. The van der Waals surface area contributed by atoms with E-state index in [1.165, 1.54) is 51.4 Å². The molecule has 92 valence electrons. The predicted molar refractivity (Wildman–Crippen MR) is 66.2 cm³/mol. The molecule has 16 heavy (non-hydrogen) atoms. The van der Waals surface area contributed by atoms with Crippen molar-refractivity contribution in [1.82, 2.24) is 5.32 Å². The quantitative estimate of drug-likeness (QED) is 0.763. The Bertz CT molecular complexity index is 237. The summed E-state index contributed by atoms with van der Waals surface area (Å²) in [5.41, 5.74) is 0.104. The Kier molecular flexibility index (Phi) is 3.88. The molecule has 0 aromatic rings. The molecule has 0 aliphatic heterocycles. The van der Waals surface area contributed by atoms with E-state index in [-0.39, 0.29) is 5.54 Å². The fraction of sp³-hybridized carbons (Fsp3) is 0.929. The first-order valence-electron chi connectivity index (χ1n) is 7.02. The SMILES string of the molecule is CC1(NC(=O)C2CCCCC2)CCCCC1. The van der Waals surface area contributed by atoms with Crippen LogP contribution in [0.2, 0.25) is 0 Å². The van der Waals surface area contributed by atoms with Crippen LogP contribution in [0.25, 0.3) is 0 Å². The summed E-state index contributed by atoms with van der Waals surface area (Å²) < 4.78 is 0. The summed E-state index contributed by atoms with van der Waals surface area (Å²) in [6.45, 7) is 2.23. The fourth-order valence-electron chi connectivity index (χ4n) is 3.22. The molecule has 2 fully saturated rings. The van der Waals surface area contributed by atoms with Crippen molar-refractivity contribution in [2.45, 2.75) is 76.7 Å². The first-order chi connectivity index (χ1) is 7.70. The molecule has 0 aromatic carbocycles. The average molecular weight is 223 g/mol. The normalized spacial score (nSPS) is 26.3. The minimum absolute atomic E-state index is 0.104. The molecule has 0 atom stereocenters. The monoisotopic (exact) mass is 223 g/mol. The van der Waals surface area contributed by atoms with E-state index >= 15 is 0 Å². The van der Waals surface area contributed by atoms with E-state index in [4.69, 9.17) is 0 Å². The van der Waals surface area contributed by atoms with Gasteiger partial charge in [-0.1, -0.05) is 38.5 Å². The van der Waals surface area contributed by atoms with Gasteiger partial charge < -0.3 is 5.32 Å². The maximum atomic E-state index is 12.2. The zero-order chi connectivity index (χ0) is 11.4. The number of hydrogen-bond acceptors (Lipinski definition) is 1. The van der Waals surface area contributed by atoms with E-state index in [9.17, 15) is 4.79 Å². The largest absolute Gasteiger partial charge is 0.351 e. The minimum Gasteiger partial charge on any atom is -0.351 e. The Hall–Kier alpha value is -0.530. The van der Waals surface area contributed by atoms with Gasteiger partial charge in [0.15, 0.2) is 0 Å². The van der Waals surface area contributed by atoms with Gasteiger partial charge in [-0.25, -0.2) is 0 Å². The van der Waals surface area contributed by atoms with Crippen molar-refractivity contribution in [3.8, 4) is 0 Å². The van der Waals surface area contributed by atoms with Gasteiger partial charge in [0.1, 0.15) is 0 Å². The van der Waals surface area contributed by atoms with Crippen LogP contribution in [0.5, 0.6) is 0 Å². The Morgan fingerprint density at radius 1 is 1.00 bits per heavy atom. The molecule has 1 N–H and O–H groups in total. The predicted octanol–water partition coefficient (Wildman–Crippen LogP) is 3.41. The van der Waals surface area contributed by atoms with Gasteiger partial charge in [-0.2, -0.15) is 0 Å². The van der Waals surface area contributed by atoms with Crippen molar-refractivity contribution in [2.75, 3.05) is 0 Å². The van der Waals surface area contributed by atoms with Crippen molar-refractivity contribution >= 4 is 5.91 Å². The standard InChI is InChI=1S/C14H25NO/c1-14(10-6-3-7-11-14)15-13(16)12-8-4-2-5-9-12/h12H,2-11H2,1H3,(H,15,16). The molecule has 2 aliphatic rings. The van der Waals surface area contributed by atoms with Crippen LogP contribution in [-0.4, -0.2) is 11.4 Å². The lowest BCUT2D eigenvalue weighted by molar-refractivity contribution is -0.128. The number of carbonyl (C=O) groups is 1. The summed E-state index contributed by atoms with van der Waals surface area (Å²) in [5.74, 6) is 0.650. The average Bonchev–Trinajstić information content (AvgIpc) is 2.30. The van der Waals surface area contributed by atoms with Crippen molar-refractivity contribution in [3.05, 3.63) is 0 Å². The lowest BCUT2D eigenvalue weighted by atomic mass is 9.82. The number of amides is 1. The Labute approximate surface area is 99.2 Å². The molecule has 2 aliphatic carbocycles. The van der Waals surface area contributed by atoms with E-state index in [0.717, 1.165) is 12.8 Å². The van der Waals surface area contributed by atoms with Crippen LogP contribution in [0.1, 0.15) is 71.1 Å². The van der Waals surface area contributed by atoms with E-state index < -0.39 is 0 Å². The third-order valence-corrected chi connectivity index (χ3v) is 4.36. The third-order valence-electron chi connectivity index (χ3n) is 4.36. The Balaban J connectivity index is 1.85. The van der Waals surface area contributed by atoms with Gasteiger partial charge in [-0.15, -0.1) is 0 Å². The molecule has 2 heteroatoms. The zero-order valence-electron chi connectivity index (χ0n) is 10.6. The van der Waals surface area contributed by atoms with Crippen LogP contribution in [-0.2, 0) is 4.79 Å². The zero-order valence-corrected chi connectivity index (χ0v) is 10.6. The molecule has 0 bridgehead atoms. The summed E-state index contributed by atoms with van der Waals surface area (Å²) in [7, 11) is 0. The van der Waals surface area contributed by atoms with E-state index in [2.05, 4.69) is 12.2 Å². The van der Waals surface area contributed by atoms with Crippen molar-refractivity contribution in [2.24, 2.45) is 5.92 Å². The lowest BCUT2D eigenvalue weighted by Crippen LogP contribution is -2.49. The maximum Gasteiger partial charge on any atom is 0.223 e. The highest BCUT2D eigenvalue weighted by atomic mass is 16.2. The highest BCUT2D eigenvalue weighted by Crippen LogP contribution is 2.29. The topological polar surface area (TPSA) is 29.1 Å². The van der Waals surface area contributed by atoms with Gasteiger partial charge in [0.05, 0.1) is 0 Å². The second kappa shape index (κ2) is 5.20. The number of carbonyl (C=O) groups excluding carboxylic acids is 1.